The van der Waals surface area contributed by atoms with Crippen LogP contribution < -0.4 is 5.32 Å². The van der Waals surface area contributed by atoms with Gasteiger partial charge in [-0.25, -0.2) is 0 Å². The second kappa shape index (κ2) is 5.25. The van der Waals surface area contributed by atoms with Crippen LogP contribution in [-0.4, -0.2) is 29.4 Å². The van der Waals surface area contributed by atoms with Crippen LogP contribution in [0.25, 0.3) is 0 Å². The molecular weight excluding hydrogens is 256 g/mol. The van der Waals surface area contributed by atoms with Crippen LogP contribution in [0.1, 0.15) is 41.9 Å². The number of hydrogen-bond acceptors (Lipinski definition) is 3. The molecule has 0 radical (unpaired) electrons. The molecule has 19 heavy (non-hydrogen) atoms. The predicted octanol–water partition coefficient (Wildman–Crippen LogP) is 2.69. The maximum atomic E-state index is 11.7. The monoisotopic (exact) mass is 278 g/mol. The normalized spacial score (nSPS) is 28.6. The van der Waals surface area contributed by atoms with Crippen molar-refractivity contribution in [1.82, 2.24) is 10.2 Å². The van der Waals surface area contributed by atoms with Gasteiger partial charge in [0, 0.05) is 29.3 Å². The Balaban J connectivity index is 1.66. The zero-order valence-electron chi connectivity index (χ0n) is 11.6. The summed E-state index contributed by atoms with van der Waals surface area (Å²) in [5.41, 5.74) is 0.0693. The standard InChI is InChI=1S/C15H22N2OS/c1-12-5-6-13(19-12)10-17-9-3-8-15(11-17)7-2-4-14(18)16-15/h5-6H,2-4,7-11H2,1H3,(H,16,18)/t15-/m1/s1. The molecule has 2 saturated heterocycles. The lowest BCUT2D eigenvalue weighted by Crippen LogP contribution is -2.60. The van der Waals surface area contributed by atoms with Crippen LogP contribution in [0.3, 0.4) is 0 Å². The highest BCUT2D eigenvalue weighted by Crippen LogP contribution is 2.31. The first-order valence-corrected chi connectivity index (χ1v) is 8.06. The fourth-order valence-electron chi connectivity index (χ4n) is 3.47. The number of aryl methyl sites for hydroxylation is 1. The highest BCUT2D eigenvalue weighted by atomic mass is 32.1. The quantitative estimate of drug-likeness (QED) is 0.902. The summed E-state index contributed by atoms with van der Waals surface area (Å²) in [4.78, 5) is 17.0. The topological polar surface area (TPSA) is 32.3 Å². The van der Waals surface area contributed by atoms with E-state index in [-0.39, 0.29) is 11.4 Å². The number of thiophene rings is 1. The molecule has 104 valence electrons. The Hall–Kier alpha value is -0.870. The lowest BCUT2D eigenvalue weighted by molar-refractivity contribution is -0.126. The predicted molar refractivity (Wildman–Crippen MR) is 78.3 cm³/mol. The van der Waals surface area contributed by atoms with Gasteiger partial charge in [-0.05, 0) is 51.3 Å². The molecule has 0 aliphatic carbocycles. The van der Waals surface area contributed by atoms with Gasteiger partial charge in [0.1, 0.15) is 0 Å². The van der Waals surface area contributed by atoms with Crippen LogP contribution in [0, 0.1) is 6.92 Å². The second-order valence-corrected chi connectivity index (χ2v) is 7.38. The maximum Gasteiger partial charge on any atom is 0.220 e. The minimum atomic E-state index is 0.0693. The van der Waals surface area contributed by atoms with Crippen LogP contribution in [0.15, 0.2) is 12.1 Å². The molecule has 2 aliphatic heterocycles. The third-order valence-corrected chi connectivity index (χ3v) is 5.28. The molecule has 2 fully saturated rings. The molecular formula is C15H22N2OS. The fourth-order valence-corrected chi connectivity index (χ4v) is 4.40. The van der Waals surface area contributed by atoms with Crippen molar-refractivity contribution in [3.05, 3.63) is 21.9 Å². The maximum absolute atomic E-state index is 11.7. The molecule has 1 aromatic rings. The van der Waals surface area contributed by atoms with Gasteiger partial charge in [0.25, 0.3) is 0 Å². The Bertz CT molecular complexity index is 466. The van der Waals surface area contributed by atoms with Gasteiger partial charge in [0.2, 0.25) is 5.91 Å². The Morgan fingerprint density at radius 1 is 1.37 bits per heavy atom. The van der Waals surface area contributed by atoms with Gasteiger partial charge < -0.3 is 5.32 Å². The van der Waals surface area contributed by atoms with Crippen molar-refractivity contribution < 1.29 is 4.79 Å². The van der Waals surface area contributed by atoms with Gasteiger partial charge in [-0.15, -0.1) is 11.3 Å². The molecule has 0 aromatic carbocycles. The zero-order valence-corrected chi connectivity index (χ0v) is 12.4. The smallest absolute Gasteiger partial charge is 0.220 e. The van der Waals surface area contributed by atoms with Crippen molar-refractivity contribution in [2.24, 2.45) is 0 Å². The zero-order chi connectivity index (χ0) is 13.3. The Morgan fingerprint density at radius 2 is 2.21 bits per heavy atom. The van der Waals surface area contributed by atoms with E-state index in [1.54, 1.807) is 0 Å². The summed E-state index contributed by atoms with van der Waals surface area (Å²) in [5, 5.41) is 3.28. The Labute approximate surface area is 119 Å². The van der Waals surface area contributed by atoms with E-state index in [4.69, 9.17) is 0 Å². The molecule has 3 heterocycles. The molecule has 4 heteroatoms. The molecule has 0 saturated carbocycles. The number of nitrogens with one attached hydrogen (secondary N) is 1. The molecule has 0 unspecified atom stereocenters. The van der Waals surface area contributed by atoms with Crippen molar-refractivity contribution >= 4 is 17.2 Å². The van der Waals surface area contributed by atoms with Gasteiger partial charge in [0.15, 0.2) is 0 Å². The molecule has 1 aromatic heterocycles. The summed E-state index contributed by atoms with van der Waals surface area (Å²) in [6.45, 7) is 5.38. The lowest BCUT2D eigenvalue weighted by Gasteiger charge is -2.45. The van der Waals surface area contributed by atoms with Crippen LogP contribution in [0.4, 0.5) is 0 Å². The minimum Gasteiger partial charge on any atom is -0.349 e. The van der Waals surface area contributed by atoms with Crippen LogP contribution in [0.2, 0.25) is 0 Å². The first kappa shape index (κ1) is 13.1. The van der Waals surface area contributed by atoms with E-state index < -0.39 is 0 Å². The second-order valence-electron chi connectivity index (χ2n) is 6.01. The average molecular weight is 278 g/mol. The van der Waals surface area contributed by atoms with E-state index in [0.717, 1.165) is 38.9 Å². The van der Waals surface area contributed by atoms with E-state index in [9.17, 15) is 4.79 Å². The molecule has 3 rings (SSSR count). The van der Waals surface area contributed by atoms with Crippen molar-refractivity contribution in [2.45, 2.75) is 51.1 Å². The van der Waals surface area contributed by atoms with Crippen molar-refractivity contribution in [3.8, 4) is 0 Å². The summed E-state index contributed by atoms with van der Waals surface area (Å²) in [6.07, 6.45) is 5.27. The summed E-state index contributed by atoms with van der Waals surface area (Å²) in [5.74, 6) is 0.250. The van der Waals surface area contributed by atoms with E-state index in [0.29, 0.717) is 6.42 Å². The van der Waals surface area contributed by atoms with Gasteiger partial charge in [-0.2, -0.15) is 0 Å². The molecule has 0 bridgehead atoms. The number of amides is 1. The van der Waals surface area contributed by atoms with Gasteiger partial charge in [-0.1, -0.05) is 0 Å². The van der Waals surface area contributed by atoms with Crippen LogP contribution in [0.5, 0.6) is 0 Å². The largest absolute Gasteiger partial charge is 0.349 e. The molecule has 1 N–H and O–H groups in total. The number of likely N-dealkylation sites (tertiary alicyclic amines) is 1. The van der Waals surface area contributed by atoms with E-state index in [1.807, 2.05) is 11.3 Å². The first-order valence-electron chi connectivity index (χ1n) is 7.24. The number of hydrogen-bond donors (Lipinski definition) is 1. The van der Waals surface area contributed by atoms with Gasteiger partial charge in [-0.3, -0.25) is 9.69 Å². The third kappa shape index (κ3) is 3.00. The molecule has 2 aliphatic rings. The Kier molecular flexibility index (Phi) is 3.63. The first-order chi connectivity index (χ1) is 9.15. The SMILES string of the molecule is Cc1ccc(CN2CCC[C@]3(CCCC(=O)N3)C2)s1. The summed E-state index contributed by atoms with van der Waals surface area (Å²) in [6, 6.07) is 4.43. The minimum absolute atomic E-state index is 0.0693. The van der Waals surface area contributed by atoms with Gasteiger partial charge in [0.05, 0.1) is 5.54 Å². The molecule has 3 nitrogen and oxygen atoms in total. The number of carbonyl (C=O) groups is 1. The van der Waals surface area contributed by atoms with Gasteiger partial charge >= 0.3 is 0 Å². The molecule has 1 amide bonds. The van der Waals surface area contributed by atoms with E-state index >= 15 is 0 Å². The summed E-state index contributed by atoms with van der Waals surface area (Å²) in [7, 11) is 0. The number of carbonyl (C=O) groups excluding carboxylic acids is 1. The molecule has 1 atom stereocenters. The van der Waals surface area contributed by atoms with Crippen LogP contribution in [-0.2, 0) is 11.3 Å². The van der Waals surface area contributed by atoms with E-state index in [2.05, 4.69) is 29.3 Å². The lowest BCUT2D eigenvalue weighted by atomic mass is 9.81. The summed E-state index contributed by atoms with van der Waals surface area (Å²) >= 11 is 1.89. The van der Waals surface area contributed by atoms with Crippen molar-refractivity contribution in [1.29, 1.82) is 0 Å². The van der Waals surface area contributed by atoms with E-state index in [1.165, 1.54) is 16.2 Å². The highest BCUT2D eigenvalue weighted by Gasteiger charge is 2.38. The average Bonchev–Trinajstić information content (AvgIpc) is 2.74. The van der Waals surface area contributed by atoms with Crippen LogP contribution >= 0.6 is 11.3 Å². The van der Waals surface area contributed by atoms with Crippen molar-refractivity contribution in [3.63, 3.8) is 0 Å². The highest BCUT2D eigenvalue weighted by molar-refractivity contribution is 7.11. The number of nitrogens with zero attached hydrogens (tertiary/aromatic N) is 1. The Morgan fingerprint density at radius 3 is 2.95 bits per heavy atom. The third-order valence-electron chi connectivity index (χ3n) is 4.30. The number of rotatable bonds is 2. The number of piperidine rings is 2. The fraction of sp³-hybridized carbons (Fsp3) is 0.667. The summed E-state index contributed by atoms with van der Waals surface area (Å²) < 4.78 is 0. The molecule has 1 spiro atoms. The van der Waals surface area contributed by atoms with Crippen molar-refractivity contribution in [2.75, 3.05) is 13.1 Å².